The van der Waals surface area contributed by atoms with Crippen LogP contribution < -0.4 is 11.1 Å². The molecule has 0 aromatic carbocycles. The number of hydrogen-bond acceptors (Lipinski definition) is 9. The van der Waals surface area contributed by atoms with Crippen LogP contribution in [0.4, 0.5) is 16.2 Å². The van der Waals surface area contributed by atoms with Gasteiger partial charge in [0.1, 0.15) is 0 Å². The quantitative estimate of drug-likeness (QED) is 0.644. The average molecular weight is 410 g/mol. The molecule has 2 aliphatic heterocycles. The zero-order valence-corrected chi connectivity index (χ0v) is 16.5. The van der Waals surface area contributed by atoms with Crippen LogP contribution in [0.3, 0.4) is 0 Å². The second-order valence-corrected chi connectivity index (χ2v) is 7.54. The molecule has 2 aliphatic rings. The maximum Gasteiger partial charge on any atom is 0.224 e. The first-order valence-corrected chi connectivity index (χ1v) is 9.84. The lowest BCUT2D eigenvalue weighted by atomic mass is 9.88. The Hall–Kier alpha value is -2.08. The molecule has 0 spiro atoms. The molecule has 0 radical (unpaired) electrons. The van der Waals surface area contributed by atoms with Crippen molar-refractivity contribution < 1.29 is 23.7 Å². The van der Waals surface area contributed by atoms with Crippen molar-refractivity contribution in [2.24, 2.45) is 5.92 Å². The maximum absolute atomic E-state index is 16.4. The SMILES string of the molecule is CNc1nc(N)nc2c1ncn2[C@@H]1O[C@H](CO)[C@@H](C)[C@]1(F)COC1CCCCO1. The number of aromatic nitrogens is 4. The molecule has 160 valence electrons. The van der Waals surface area contributed by atoms with E-state index in [1.807, 2.05) is 0 Å². The number of alkyl halides is 1. The first-order valence-electron chi connectivity index (χ1n) is 9.84. The Morgan fingerprint density at radius 1 is 1.45 bits per heavy atom. The number of aliphatic hydroxyl groups excluding tert-OH is 1. The Labute approximate surface area is 167 Å². The van der Waals surface area contributed by atoms with E-state index < -0.39 is 30.2 Å². The summed E-state index contributed by atoms with van der Waals surface area (Å²) >= 11 is 0. The third kappa shape index (κ3) is 3.52. The summed E-state index contributed by atoms with van der Waals surface area (Å²) in [6.07, 6.45) is 1.90. The summed E-state index contributed by atoms with van der Waals surface area (Å²) in [4.78, 5) is 12.6. The number of halogens is 1. The van der Waals surface area contributed by atoms with Gasteiger partial charge in [-0.15, -0.1) is 0 Å². The molecular weight excluding hydrogens is 383 g/mol. The largest absolute Gasteiger partial charge is 0.394 e. The van der Waals surface area contributed by atoms with Crippen LogP contribution in [0, 0.1) is 5.92 Å². The van der Waals surface area contributed by atoms with Crippen LogP contribution in [-0.4, -0.2) is 69.6 Å². The van der Waals surface area contributed by atoms with Gasteiger partial charge in [0, 0.05) is 19.6 Å². The molecule has 4 heterocycles. The number of nitrogens with one attached hydrogen (secondary N) is 1. The minimum Gasteiger partial charge on any atom is -0.394 e. The number of nitrogen functional groups attached to an aromatic ring is 1. The van der Waals surface area contributed by atoms with E-state index in [1.165, 1.54) is 10.9 Å². The lowest BCUT2D eigenvalue weighted by molar-refractivity contribution is -0.194. The Morgan fingerprint density at radius 3 is 2.97 bits per heavy atom. The number of nitrogens with zero attached hydrogens (tertiary/aromatic N) is 4. The Bertz CT molecular complexity index is 860. The minimum absolute atomic E-state index is 0.0321. The van der Waals surface area contributed by atoms with E-state index in [9.17, 15) is 5.11 Å². The molecule has 2 aromatic heterocycles. The molecule has 0 amide bonds. The molecule has 2 saturated heterocycles. The van der Waals surface area contributed by atoms with E-state index in [-0.39, 0.29) is 19.2 Å². The second kappa shape index (κ2) is 7.98. The highest BCUT2D eigenvalue weighted by atomic mass is 19.1. The lowest BCUT2D eigenvalue weighted by Gasteiger charge is -2.32. The number of aliphatic hydroxyl groups is 1. The van der Waals surface area contributed by atoms with Gasteiger partial charge in [-0.3, -0.25) is 4.57 Å². The number of anilines is 2. The summed E-state index contributed by atoms with van der Waals surface area (Å²) in [6.45, 7) is 1.76. The standard InChI is InChI=1S/C18H27FN6O4/c1-10-11(7-26)29-16(18(10,19)8-28-12-5-3-4-6-27-12)25-9-22-13-14(21-2)23-17(20)24-15(13)25/h9-12,16,26H,3-8H2,1-2H3,(H3,20,21,23,24)/t10-,11-,12?,16-,18-/m1/s1. The van der Waals surface area contributed by atoms with Crippen molar-refractivity contribution in [3.8, 4) is 0 Å². The summed E-state index contributed by atoms with van der Waals surface area (Å²) in [5.41, 5.74) is 4.67. The molecule has 0 aliphatic carbocycles. The van der Waals surface area contributed by atoms with Gasteiger partial charge in [0.25, 0.3) is 0 Å². The number of ether oxygens (including phenoxy) is 3. The van der Waals surface area contributed by atoms with Gasteiger partial charge in [-0.25, -0.2) is 9.37 Å². The van der Waals surface area contributed by atoms with Crippen molar-refractivity contribution in [3.63, 3.8) is 0 Å². The fraction of sp³-hybridized carbons (Fsp3) is 0.722. The minimum atomic E-state index is -1.93. The van der Waals surface area contributed by atoms with Gasteiger partial charge in [-0.1, -0.05) is 6.92 Å². The zero-order valence-electron chi connectivity index (χ0n) is 16.5. The van der Waals surface area contributed by atoms with Crippen molar-refractivity contribution in [2.45, 2.75) is 50.5 Å². The first-order chi connectivity index (χ1) is 14.0. The topological polar surface area (TPSA) is 130 Å². The molecular formula is C18H27FN6O4. The smallest absolute Gasteiger partial charge is 0.224 e. The van der Waals surface area contributed by atoms with Gasteiger partial charge >= 0.3 is 0 Å². The highest BCUT2D eigenvalue weighted by Crippen LogP contribution is 2.47. The Morgan fingerprint density at radius 2 is 2.28 bits per heavy atom. The van der Waals surface area contributed by atoms with Gasteiger partial charge in [0.15, 0.2) is 35.2 Å². The number of hydrogen-bond donors (Lipinski definition) is 3. The summed E-state index contributed by atoms with van der Waals surface area (Å²) in [7, 11) is 1.69. The molecule has 29 heavy (non-hydrogen) atoms. The molecule has 2 fully saturated rings. The van der Waals surface area contributed by atoms with Crippen LogP contribution in [0.15, 0.2) is 6.33 Å². The van der Waals surface area contributed by atoms with E-state index in [2.05, 4.69) is 20.3 Å². The van der Waals surface area contributed by atoms with Crippen molar-refractivity contribution in [3.05, 3.63) is 6.33 Å². The molecule has 5 atom stereocenters. The predicted octanol–water partition coefficient (Wildman–Crippen LogP) is 1.23. The van der Waals surface area contributed by atoms with Gasteiger partial charge in [0.05, 0.1) is 25.6 Å². The lowest BCUT2D eigenvalue weighted by Crippen LogP contribution is -2.43. The number of imidazole rings is 1. The molecule has 0 bridgehead atoms. The van der Waals surface area contributed by atoms with Gasteiger partial charge in [-0.05, 0) is 19.3 Å². The van der Waals surface area contributed by atoms with Crippen LogP contribution in [0.5, 0.6) is 0 Å². The predicted molar refractivity (Wildman–Crippen MR) is 103 cm³/mol. The molecule has 4 rings (SSSR count). The van der Waals surface area contributed by atoms with Gasteiger partial charge < -0.3 is 30.4 Å². The van der Waals surface area contributed by atoms with Gasteiger partial charge in [0.2, 0.25) is 5.95 Å². The summed E-state index contributed by atoms with van der Waals surface area (Å²) in [5.74, 6) is -0.154. The summed E-state index contributed by atoms with van der Waals surface area (Å²) < 4.78 is 35.1. The van der Waals surface area contributed by atoms with E-state index in [0.717, 1.165) is 19.3 Å². The van der Waals surface area contributed by atoms with Crippen molar-refractivity contribution in [1.82, 2.24) is 19.5 Å². The van der Waals surface area contributed by atoms with Crippen LogP contribution >= 0.6 is 0 Å². The highest BCUT2D eigenvalue weighted by Gasteiger charge is 2.57. The molecule has 2 aromatic rings. The van der Waals surface area contributed by atoms with Crippen molar-refractivity contribution >= 4 is 22.9 Å². The summed E-state index contributed by atoms with van der Waals surface area (Å²) in [6, 6.07) is 0. The third-order valence-corrected chi connectivity index (χ3v) is 5.77. The fourth-order valence-electron chi connectivity index (χ4n) is 3.97. The highest BCUT2D eigenvalue weighted by molar-refractivity contribution is 5.84. The monoisotopic (exact) mass is 410 g/mol. The second-order valence-electron chi connectivity index (χ2n) is 7.54. The van der Waals surface area contributed by atoms with Crippen molar-refractivity contribution in [1.29, 1.82) is 0 Å². The van der Waals surface area contributed by atoms with Crippen LogP contribution in [0.2, 0.25) is 0 Å². The van der Waals surface area contributed by atoms with Gasteiger partial charge in [-0.2, -0.15) is 9.97 Å². The molecule has 4 N–H and O–H groups in total. The molecule has 10 nitrogen and oxygen atoms in total. The zero-order chi connectivity index (χ0) is 20.6. The third-order valence-electron chi connectivity index (χ3n) is 5.77. The van der Waals surface area contributed by atoms with E-state index in [1.54, 1.807) is 14.0 Å². The van der Waals surface area contributed by atoms with Crippen LogP contribution in [0.25, 0.3) is 11.2 Å². The average Bonchev–Trinajstić information content (AvgIpc) is 3.26. The van der Waals surface area contributed by atoms with Crippen molar-refractivity contribution in [2.75, 3.05) is 37.9 Å². The Kier molecular flexibility index (Phi) is 5.56. The normalized spacial score (nSPS) is 32.7. The van der Waals surface area contributed by atoms with E-state index in [4.69, 9.17) is 19.9 Å². The number of rotatable bonds is 6. The van der Waals surface area contributed by atoms with Crippen LogP contribution in [0.1, 0.15) is 32.4 Å². The molecule has 11 heteroatoms. The van der Waals surface area contributed by atoms with Crippen LogP contribution in [-0.2, 0) is 14.2 Å². The molecule has 0 saturated carbocycles. The fourth-order valence-corrected chi connectivity index (χ4v) is 3.97. The Balaban J connectivity index is 1.68. The first kappa shape index (κ1) is 20.2. The number of nitrogens with two attached hydrogens (primary N) is 1. The van der Waals surface area contributed by atoms with E-state index in [0.29, 0.717) is 23.6 Å². The van der Waals surface area contributed by atoms with E-state index >= 15 is 4.39 Å². The summed E-state index contributed by atoms with van der Waals surface area (Å²) in [5, 5.41) is 12.6. The maximum atomic E-state index is 16.4. The number of fused-ring (bicyclic) bond motifs is 1. The molecule has 1 unspecified atom stereocenters.